The summed E-state index contributed by atoms with van der Waals surface area (Å²) >= 11 is 0. The second kappa shape index (κ2) is 5.25. The smallest absolute Gasteiger partial charge is 0.128 e. The Balaban J connectivity index is 2.01. The minimum Gasteiger partial charge on any atom is -0.493 e. The normalized spacial score (nSPS) is 14.8. The Morgan fingerprint density at radius 1 is 1.20 bits per heavy atom. The number of fused-ring (bicyclic) bond motifs is 1. The third-order valence-electron chi connectivity index (χ3n) is 3.80. The highest BCUT2D eigenvalue weighted by Gasteiger charge is 2.19. The summed E-state index contributed by atoms with van der Waals surface area (Å²) in [6, 6.07) is 11.3. The molecule has 1 aliphatic heterocycles. The molecule has 0 radical (unpaired) electrons. The van der Waals surface area contributed by atoms with Gasteiger partial charge in [-0.3, -0.25) is 0 Å². The molecule has 0 aliphatic carbocycles. The van der Waals surface area contributed by atoms with Crippen molar-refractivity contribution < 1.29 is 9.13 Å². The van der Waals surface area contributed by atoms with Crippen molar-refractivity contribution in [1.82, 2.24) is 5.32 Å². The molecule has 0 spiro atoms. The fraction of sp³-hybridized carbons (Fsp3) is 0.294. The Labute approximate surface area is 118 Å². The average molecular weight is 271 g/mol. The second-order valence-corrected chi connectivity index (χ2v) is 5.21. The van der Waals surface area contributed by atoms with Gasteiger partial charge in [-0.1, -0.05) is 24.3 Å². The van der Waals surface area contributed by atoms with Crippen LogP contribution in [-0.4, -0.2) is 13.7 Å². The molecule has 2 aromatic rings. The van der Waals surface area contributed by atoms with Gasteiger partial charge in [0.25, 0.3) is 0 Å². The van der Waals surface area contributed by atoms with Gasteiger partial charge in [-0.25, -0.2) is 4.39 Å². The fourth-order valence-electron chi connectivity index (χ4n) is 2.75. The van der Waals surface area contributed by atoms with E-state index in [9.17, 15) is 4.39 Å². The molecule has 2 nitrogen and oxygen atoms in total. The van der Waals surface area contributed by atoms with Gasteiger partial charge in [-0.15, -0.1) is 0 Å². The number of nitrogens with one attached hydrogen (secondary N) is 1. The lowest BCUT2D eigenvalue weighted by Crippen LogP contribution is -2.19. The summed E-state index contributed by atoms with van der Waals surface area (Å²) < 4.78 is 19.7. The van der Waals surface area contributed by atoms with Crippen molar-refractivity contribution in [2.45, 2.75) is 19.4 Å². The monoisotopic (exact) mass is 271 g/mol. The first-order valence-electron chi connectivity index (χ1n) is 6.88. The largest absolute Gasteiger partial charge is 0.493 e. The van der Waals surface area contributed by atoms with Crippen LogP contribution in [0.3, 0.4) is 0 Å². The molecular formula is C17H18FNO. The van der Waals surface area contributed by atoms with Crippen LogP contribution in [0, 0.1) is 12.7 Å². The van der Waals surface area contributed by atoms with E-state index >= 15 is 0 Å². The second-order valence-electron chi connectivity index (χ2n) is 5.21. The minimum atomic E-state index is -0.166. The van der Waals surface area contributed by atoms with Gasteiger partial charge in [0.05, 0.1) is 12.6 Å². The standard InChI is InChI=1S/C17H18FNO/c1-11-3-5-14(15(18)9-11)17(19-2)13-4-6-16-12(10-13)7-8-20-16/h3-6,9-10,17,19H,7-8H2,1-2H3. The molecule has 3 rings (SSSR count). The van der Waals surface area contributed by atoms with Gasteiger partial charge in [0.1, 0.15) is 11.6 Å². The van der Waals surface area contributed by atoms with Gasteiger partial charge in [0.15, 0.2) is 0 Å². The molecule has 1 aliphatic rings. The third kappa shape index (κ3) is 2.29. The Kier molecular flexibility index (Phi) is 3.45. The van der Waals surface area contributed by atoms with E-state index in [1.54, 1.807) is 6.07 Å². The van der Waals surface area contributed by atoms with Crippen LogP contribution < -0.4 is 10.1 Å². The van der Waals surface area contributed by atoms with Crippen molar-refractivity contribution in [1.29, 1.82) is 0 Å². The van der Waals surface area contributed by atoms with E-state index in [2.05, 4.69) is 11.4 Å². The van der Waals surface area contributed by atoms with Crippen LogP contribution >= 0.6 is 0 Å². The van der Waals surface area contributed by atoms with E-state index in [1.807, 2.05) is 38.2 Å². The maximum atomic E-state index is 14.2. The number of rotatable bonds is 3. The van der Waals surface area contributed by atoms with E-state index in [-0.39, 0.29) is 11.9 Å². The molecule has 0 bridgehead atoms. The maximum absolute atomic E-state index is 14.2. The zero-order valence-electron chi connectivity index (χ0n) is 11.7. The molecular weight excluding hydrogens is 253 g/mol. The topological polar surface area (TPSA) is 21.3 Å². The molecule has 20 heavy (non-hydrogen) atoms. The summed E-state index contributed by atoms with van der Waals surface area (Å²) in [5, 5.41) is 3.21. The maximum Gasteiger partial charge on any atom is 0.128 e. The lowest BCUT2D eigenvalue weighted by molar-refractivity contribution is 0.357. The summed E-state index contributed by atoms with van der Waals surface area (Å²) in [5.41, 5.74) is 3.88. The van der Waals surface area contributed by atoms with Gasteiger partial charge in [-0.05, 0) is 42.8 Å². The molecule has 1 atom stereocenters. The minimum absolute atomic E-state index is 0.138. The van der Waals surface area contributed by atoms with Crippen LogP contribution in [-0.2, 0) is 6.42 Å². The van der Waals surface area contributed by atoms with Crippen molar-refractivity contribution in [2.24, 2.45) is 0 Å². The van der Waals surface area contributed by atoms with Crippen LogP contribution in [0.1, 0.15) is 28.3 Å². The van der Waals surface area contributed by atoms with Crippen LogP contribution in [0.4, 0.5) is 4.39 Å². The Morgan fingerprint density at radius 3 is 2.80 bits per heavy atom. The lowest BCUT2D eigenvalue weighted by Gasteiger charge is -2.19. The van der Waals surface area contributed by atoms with Crippen molar-refractivity contribution in [3.05, 3.63) is 64.5 Å². The summed E-state index contributed by atoms with van der Waals surface area (Å²) in [4.78, 5) is 0. The van der Waals surface area contributed by atoms with Crippen molar-refractivity contribution >= 4 is 0 Å². The van der Waals surface area contributed by atoms with Gasteiger partial charge in [0, 0.05) is 12.0 Å². The predicted octanol–water partition coefficient (Wildman–Crippen LogP) is 3.38. The molecule has 3 heteroatoms. The molecule has 0 fully saturated rings. The van der Waals surface area contributed by atoms with Gasteiger partial charge < -0.3 is 10.1 Å². The first kappa shape index (κ1) is 13.1. The number of hydrogen-bond acceptors (Lipinski definition) is 2. The van der Waals surface area contributed by atoms with Gasteiger partial charge in [-0.2, -0.15) is 0 Å². The van der Waals surface area contributed by atoms with Crippen LogP contribution in [0.25, 0.3) is 0 Å². The number of hydrogen-bond donors (Lipinski definition) is 1. The molecule has 1 unspecified atom stereocenters. The number of halogens is 1. The van der Waals surface area contributed by atoms with E-state index in [0.29, 0.717) is 5.56 Å². The van der Waals surface area contributed by atoms with Crippen molar-refractivity contribution in [2.75, 3.05) is 13.7 Å². The molecule has 0 amide bonds. The zero-order valence-corrected chi connectivity index (χ0v) is 11.7. The van der Waals surface area contributed by atoms with E-state index < -0.39 is 0 Å². The Bertz CT molecular complexity index is 639. The SMILES string of the molecule is CNC(c1ccc2c(c1)CCO2)c1ccc(C)cc1F. The highest BCUT2D eigenvalue weighted by atomic mass is 19.1. The van der Waals surface area contributed by atoms with Crippen LogP contribution in [0.5, 0.6) is 5.75 Å². The van der Waals surface area contributed by atoms with Crippen LogP contribution in [0.15, 0.2) is 36.4 Å². The summed E-state index contributed by atoms with van der Waals surface area (Å²) in [5.74, 6) is 0.786. The summed E-state index contributed by atoms with van der Waals surface area (Å²) in [6.45, 7) is 2.63. The molecule has 1 N–H and O–H groups in total. The zero-order chi connectivity index (χ0) is 14.1. The quantitative estimate of drug-likeness (QED) is 0.924. The molecule has 0 aromatic heterocycles. The Hall–Kier alpha value is -1.87. The van der Waals surface area contributed by atoms with E-state index in [1.165, 1.54) is 5.56 Å². The highest BCUT2D eigenvalue weighted by molar-refractivity contribution is 5.43. The number of aryl methyl sites for hydroxylation is 1. The molecule has 0 saturated carbocycles. The van der Waals surface area contributed by atoms with Crippen molar-refractivity contribution in [3.8, 4) is 5.75 Å². The predicted molar refractivity (Wildman–Crippen MR) is 77.7 cm³/mol. The average Bonchev–Trinajstić information content (AvgIpc) is 2.89. The molecule has 1 heterocycles. The van der Waals surface area contributed by atoms with E-state index in [0.717, 1.165) is 29.9 Å². The molecule has 104 valence electrons. The van der Waals surface area contributed by atoms with Crippen molar-refractivity contribution in [3.63, 3.8) is 0 Å². The fourth-order valence-corrected chi connectivity index (χ4v) is 2.75. The van der Waals surface area contributed by atoms with Crippen LogP contribution in [0.2, 0.25) is 0 Å². The highest BCUT2D eigenvalue weighted by Crippen LogP contribution is 2.31. The van der Waals surface area contributed by atoms with E-state index in [4.69, 9.17) is 4.74 Å². The summed E-state index contributed by atoms with van der Waals surface area (Å²) in [7, 11) is 1.85. The lowest BCUT2D eigenvalue weighted by atomic mass is 9.95. The number of benzene rings is 2. The molecule has 2 aromatic carbocycles. The Morgan fingerprint density at radius 2 is 2.05 bits per heavy atom. The van der Waals surface area contributed by atoms with Gasteiger partial charge in [0.2, 0.25) is 0 Å². The molecule has 0 saturated heterocycles. The van der Waals surface area contributed by atoms with Gasteiger partial charge >= 0.3 is 0 Å². The summed E-state index contributed by atoms with van der Waals surface area (Å²) in [6.07, 6.45) is 0.927. The number of ether oxygens (including phenoxy) is 1. The third-order valence-corrected chi connectivity index (χ3v) is 3.80. The first-order valence-corrected chi connectivity index (χ1v) is 6.88. The first-order chi connectivity index (χ1) is 9.69.